The Morgan fingerprint density at radius 2 is 1.42 bits per heavy atom. The Balaban J connectivity index is 1.60. The molecule has 1 nitrogen and oxygen atoms in total. The molecule has 4 bridgehead atoms. The second kappa shape index (κ2) is 4.59. The van der Waals surface area contributed by atoms with E-state index in [0.29, 0.717) is 5.41 Å². The van der Waals surface area contributed by atoms with Crippen molar-refractivity contribution in [2.75, 3.05) is 0 Å². The molecule has 24 heavy (non-hydrogen) atoms. The molecule has 4 fully saturated rings. The van der Waals surface area contributed by atoms with Crippen molar-refractivity contribution in [2.45, 2.75) is 43.9 Å². The van der Waals surface area contributed by atoms with Crippen LogP contribution in [0.4, 0.5) is 0 Å². The number of aromatic nitrogens is 1. The quantitative estimate of drug-likeness (QED) is 0.513. The molecule has 120 valence electrons. The predicted octanol–water partition coefficient (Wildman–Crippen LogP) is 5.86. The fraction of sp³-hybridized carbons (Fsp3) is 0.435. The summed E-state index contributed by atoms with van der Waals surface area (Å²) in [6.45, 7) is 0. The Bertz CT molecular complexity index is 919. The maximum atomic E-state index is 4.97. The summed E-state index contributed by atoms with van der Waals surface area (Å²) in [4.78, 5) is 4.97. The number of hydrogen-bond acceptors (Lipinski definition) is 1. The second-order valence-corrected chi connectivity index (χ2v) is 8.75. The van der Waals surface area contributed by atoms with Crippen molar-refractivity contribution >= 4 is 21.8 Å². The van der Waals surface area contributed by atoms with Crippen LogP contribution in [0.5, 0.6) is 0 Å². The summed E-state index contributed by atoms with van der Waals surface area (Å²) in [5.74, 6) is 2.96. The number of para-hydroxylation sites is 1. The van der Waals surface area contributed by atoms with Crippen LogP contribution in [0.15, 0.2) is 48.5 Å². The van der Waals surface area contributed by atoms with E-state index < -0.39 is 0 Å². The summed E-state index contributed by atoms with van der Waals surface area (Å²) >= 11 is 0. The fourth-order valence-electron chi connectivity index (χ4n) is 6.70. The largest absolute Gasteiger partial charge is 0.248 e. The van der Waals surface area contributed by atoms with Crippen molar-refractivity contribution in [3.05, 3.63) is 54.1 Å². The van der Waals surface area contributed by atoms with Crippen LogP contribution in [0, 0.1) is 17.8 Å². The molecule has 1 aromatic heterocycles. The SMILES string of the molecule is c1ccc2nc3cccc(C45CC6CC(CC(C6)C4)C5)c3cc2c1. The van der Waals surface area contributed by atoms with Crippen LogP contribution in [-0.4, -0.2) is 4.98 Å². The second-order valence-electron chi connectivity index (χ2n) is 8.75. The number of hydrogen-bond donors (Lipinski definition) is 0. The number of benzene rings is 2. The molecule has 4 aliphatic rings. The van der Waals surface area contributed by atoms with Crippen molar-refractivity contribution in [1.29, 1.82) is 0 Å². The van der Waals surface area contributed by atoms with E-state index in [9.17, 15) is 0 Å². The van der Waals surface area contributed by atoms with E-state index in [1.807, 2.05) is 0 Å². The lowest BCUT2D eigenvalue weighted by Crippen LogP contribution is -2.48. The maximum absolute atomic E-state index is 4.97. The van der Waals surface area contributed by atoms with Gasteiger partial charge in [-0.2, -0.15) is 0 Å². The van der Waals surface area contributed by atoms with E-state index in [1.54, 1.807) is 5.56 Å². The van der Waals surface area contributed by atoms with E-state index in [2.05, 4.69) is 48.5 Å². The Kier molecular flexibility index (Phi) is 2.57. The molecule has 0 amide bonds. The molecule has 4 aliphatic carbocycles. The molecule has 0 atom stereocenters. The lowest BCUT2D eigenvalue weighted by atomic mass is 9.48. The van der Waals surface area contributed by atoms with Crippen LogP contribution < -0.4 is 0 Å². The first-order chi connectivity index (χ1) is 11.8. The van der Waals surface area contributed by atoms with Gasteiger partial charge in [0.05, 0.1) is 11.0 Å². The van der Waals surface area contributed by atoms with E-state index >= 15 is 0 Å². The Labute approximate surface area is 143 Å². The van der Waals surface area contributed by atoms with Crippen LogP contribution >= 0.6 is 0 Å². The highest BCUT2D eigenvalue weighted by Gasteiger charge is 2.51. The third-order valence-corrected chi connectivity index (χ3v) is 7.17. The van der Waals surface area contributed by atoms with E-state index in [1.165, 1.54) is 54.8 Å². The zero-order valence-corrected chi connectivity index (χ0v) is 14.0. The minimum Gasteiger partial charge on any atom is -0.248 e. The van der Waals surface area contributed by atoms with Crippen LogP contribution in [0.25, 0.3) is 21.8 Å². The summed E-state index contributed by atoms with van der Waals surface area (Å²) in [6, 6.07) is 17.8. The Morgan fingerprint density at radius 1 is 0.750 bits per heavy atom. The molecule has 0 N–H and O–H groups in total. The van der Waals surface area contributed by atoms with Crippen LogP contribution in [0.3, 0.4) is 0 Å². The molecule has 4 saturated carbocycles. The van der Waals surface area contributed by atoms with Gasteiger partial charge in [-0.05, 0) is 85.5 Å². The van der Waals surface area contributed by atoms with Gasteiger partial charge in [-0.25, -0.2) is 4.98 Å². The van der Waals surface area contributed by atoms with Crippen LogP contribution in [0.2, 0.25) is 0 Å². The summed E-state index contributed by atoms with van der Waals surface area (Å²) in [7, 11) is 0. The molecule has 0 saturated heterocycles. The first kappa shape index (κ1) is 13.4. The normalized spacial score (nSPS) is 34.2. The zero-order valence-electron chi connectivity index (χ0n) is 14.0. The molecule has 7 rings (SSSR count). The monoisotopic (exact) mass is 313 g/mol. The molecule has 0 radical (unpaired) electrons. The van der Waals surface area contributed by atoms with Crippen molar-refractivity contribution in [3.63, 3.8) is 0 Å². The van der Waals surface area contributed by atoms with Crippen molar-refractivity contribution in [2.24, 2.45) is 17.8 Å². The van der Waals surface area contributed by atoms with Gasteiger partial charge >= 0.3 is 0 Å². The van der Waals surface area contributed by atoms with E-state index in [4.69, 9.17) is 4.98 Å². The van der Waals surface area contributed by atoms with E-state index in [0.717, 1.165) is 23.3 Å². The molecule has 0 unspecified atom stereocenters. The highest BCUT2D eigenvalue weighted by molar-refractivity contribution is 5.94. The summed E-state index contributed by atoms with van der Waals surface area (Å²) < 4.78 is 0. The first-order valence-corrected chi connectivity index (χ1v) is 9.58. The third kappa shape index (κ3) is 1.79. The highest BCUT2D eigenvalue weighted by atomic mass is 14.7. The molecule has 1 heterocycles. The van der Waals surface area contributed by atoms with E-state index in [-0.39, 0.29) is 0 Å². The number of nitrogens with zero attached hydrogens (tertiary/aromatic N) is 1. The highest BCUT2D eigenvalue weighted by Crippen LogP contribution is 2.61. The average Bonchev–Trinajstić information content (AvgIpc) is 2.58. The van der Waals surface area contributed by atoms with Gasteiger partial charge < -0.3 is 0 Å². The molecular weight excluding hydrogens is 290 g/mol. The van der Waals surface area contributed by atoms with Gasteiger partial charge in [-0.3, -0.25) is 0 Å². The number of pyridine rings is 1. The lowest BCUT2D eigenvalue weighted by molar-refractivity contribution is -0.00449. The zero-order chi connectivity index (χ0) is 15.7. The topological polar surface area (TPSA) is 12.9 Å². The molecular formula is C23H23N. The van der Waals surface area contributed by atoms with Gasteiger partial charge in [0.1, 0.15) is 0 Å². The minimum atomic E-state index is 0.443. The lowest BCUT2D eigenvalue weighted by Gasteiger charge is -2.57. The average molecular weight is 313 g/mol. The van der Waals surface area contributed by atoms with Gasteiger partial charge in [-0.15, -0.1) is 0 Å². The Morgan fingerprint density at radius 3 is 2.17 bits per heavy atom. The van der Waals surface area contributed by atoms with Gasteiger partial charge in [0.2, 0.25) is 0 Å². The summed E-state index contributed by atoms with van der Waals surface area (Å²) in [6.07, 6.45) is 8.78. The van der Waals surface area contributed by atoms with Crippen molar-refractivity contribution in [1.82, 2.24) is 4.98 Å². The van der Waals surface area contributed by atoms with Gasteiger partial charge in [0.25, 0.3) is 0 Å². The van der Waals surface area contributed by atoms with Crippen LogP contribution in [-0.2, 0) is 5.41 Å². The summed E-state index contributed by atoms with van der Waals surface area (Å²) in [5, 5.41) is 2.69. The van der Waals surface area contributed by atoms with Crippen LogP contribution in [0.1, 0.15) is 44.1 Å². The summed E-state index contributed by atoms with van der Waals surface area (Å²) in [5.41, 5.74) is 4.35. The molecule has 2 aromatic carbocycles. The number of fused-ring (bicyclic) bond motifs is 2. The third-order valence-electron chi connectivity index (χ3n) is 7.17. The van der Waals surface area contributed by atoms with Crippen molar-refractivity contribution < 1.29 is 0 Å². The molecule has 0 aliphatic heterocycles. The fourth-order valence-corrected chi connectivity index (χ4v) is 6.70. The molecule has 1 heteroatoms. The van der Waals surface area contributed by atoms with Gasteiger partial charge in [0, 0.05) is 10.8 Å². The van der Waals surface area contributed by atoms with Crippen molar-refractivity contribution in [3.8, 4) is 0 Å². The van der Waals surface area contributed by atoms with Gasteiger partial charge in [-0.1, -0.05) is 30.3 Å². The number of rotatable bonds is 1. The maximum Gasteiger partial charge on any atom is 0.0712 e. The predicted molar refractivity (Wildman–Crippen MR) is 99.1 cm³/mol. The van der Waals surface area contributed by atoms with Gasteiger partial charge in [0.15, 0.2) is 0 Å². The minimum absolute atomic E-state index is 0.443. The smallest absolute Gasteiger partial charge is 0.0712 e. The first-order valence-electron chi connectivity index (χ1n) is 9.58. The molecule has 0 spiro atoms. The molecule has 3 aromatic rings. The standard InChI is InChI=1S/C23H23N/c1-2-6-21-18(4-1)11-19-20(5-3-7-22(19)24-21)23-12-15-8-16(13-23)10-17(9-15)14-23/h1-7,11,15-17H,8-10,12-14H2. The Hall–Kier alpha value is -1.89.